The molecule has 0 spiro atoms. The lowest BCUT2D eigenvalue weighted by molar-refractivity contribution is 0.118. The van der Waals surface area contributed by atoms with Crippen molar-refractivity contribution in [2.45, 2.75) is 18.9 Å². The molecule has 0 aromatic heterocycles. The van der Waals surface area contributed by atoms with E-state index in [1.807, 2.05) is 7.05 Å². The number of hydrogen-bond donors (Lipinski definition) is 1. The third-order valence-electron chi connectivity index (χ3n) is 1.85. The summed E-state index contributed by atoms with van der Waals surface area (Å²) in [5.74, 6) is 0. The van der Waals surface area contributed by atoms with Gasteiger partial charge in [0.05, 0.1) is 12.7 Å². The first-order valence-corrected chi connectivity index (χ1v) is 3.78. The van der Waals surface area contributed by atoms with Crippen LogP contribution in [-0.2, 0) is 4.74 Å². The summed E-state index contributed by atoms with van der Waals surface area (Å²) in [5, 5.41) is 3.09. The van der Waals surface area contributed by atoms with Crippen LogP contribution in [0.15, 0.2) is 12.2 Å². The third kappa shape index (κ3) is 1.82. The molecule has 1 saturated heterocycles. The predicted octanol–water partition coefficient (Wildman–Crippen LogP) is 0.941. The molecular formula is C8H15NO. The Bertz CT molecular complexity index is 122. The van der Waals surface area contributed by atoms with Gasteiger partial charge < -0.3 is 10.1 Å². The van der Waals surface area contributed by atoms with Crippen molar-refractivity contribution in [1.82, 2.24) is 5.32 Å². The molecule has 2 heteroatoms. The largest absolute Gasteiger partial charge is 0.373 e. The van der Waals surface area contributed by atoms with E-state index >= 15 is 0 Å². The Morgan fingerprint density at radius 2 is 2.60 bits per heavy atom. The molecule has 58 valence electrons. The minimum atomic E-state index is 0.326. The fourth-order valence-corrected chi connectivity index (χ4v) is 1.17. The smallest absolute Gasteiger partial charge is 0.0795 e. The van der Waals surface area contributed by atoms with Gasteiger partial charge in [-0.1, -0.05) is 6.58 Å². The van der Waals surface area contributed by atoms with Gasteiger partial charge in [0.25, 0.3) is 0 Å². The van der Waals surface area contributed by atoms with Gasteiger partial charge in [-0.3, -0.25) is 0 Å². The summed E-state index contributed by atoms with van der Waals surface area (Å²) in [4.78, 5) is 0. The number of hydrogen-bond acceptors (Lipinski definition) is 2. The first-order valence-electron chi connectivity index (χ1n) is 3.78. The van der Waals surface area contributed by atoms with E-state index in [2.05, 4.69) is 11.9 Å². The van der Waals surface area contributed by atoms with Crippen LogP contribution < -0.4 is 5.32 Å². The van der Waals surface area contributed by atoms with Gasteiger partial charge in [0, 0.05) is 0 Å². The molecule has 1 aliphatic rings. The zero-order chi connectivity index (χ0) is 7.40. The quantitative estimate of drug-likeness (QED) is 0.591. The number of rotatable bonds is 3. The van der Waals surface area contributed by atoms with Crippen LogP contribution in [0.3, 0.4) is 0 Å². The van der Waals surface area contributed by atoms with Crippen molar-refractivity contribution in [3.63, 3.8) is 0 Å². The molecular weight excluding hydrogens is 126 g/mol. The lowest BCUT2D eigenvalue weighted by Crippen LogP contribution is -2.16. The van der Waals surface area contributed by atoms with Gasteiger partial charge in [0.15, 0.2) is 0 Å². The molecule has 1 heterocycles. The topological polar surface area (TPSA) is 21.3 Å². The minimum Gasteiger partial charge on any atom is -0.373 e. The van der Waals surface area contributed by atoms with Crippen molar-refractivity contribution in [3.8, 4) is 0 Å². The Morgan fingerprint density at radius 1 is 1.80 bits per heavy atom. The van der Waals surface area contributed by atoms with Crippen molar-refractivity contribution in [2.24, 2.45) is 0 Å². The highest BCUT2D eigenvalue weighted by Crippen LogP contribution is 2.19. The summed E-state index contributed by atoms with van der Waals surface area (Å²) in [7, 11) is 1.96. The number of nitrogens with one attached hydrogen (secondary N) is 1. The normalized spacial score (nSPS) is 25.7. The van der Waals surface area contributed by atoms with Gasteiger partial charge in [-0.25, -0.2) is 0 Å². The lowest BCUT2D eigenvalue weighted by atomic mass is 10.1. The molecule has 1 rings (SSSR count). The zero-order valence-electron chi connectivity index (χ0n) is 6.52. The molecule has 0 aromatic rings. The van der Waals surface area contributed by atoms with E-state index < -0.39 is 0 Å². The first-order chi connectivity index (χ1) is 4.84. The maximum absolute atomic E-state index is 5.43. The monoisotopic (exact) mass is 141 g/mol. The maximum atomic E-state index is 5.43. The van der Waals surface area contributed by atoms with E-state index in [1.54, 1.807) is 0 Å². The van der Waals surface area contributed by atoms with Crippen LogP contribution in [0, 0.1) is 0 Å². The lowest BCUT2D eigenvalue weighted by Gasteiger charge is -2.08. The van der Waals surface area contributed by atoms with E-state index in [9.17, 15) is 0 Å². The van der Waals surface area contributed by atoms with Gasteiger partial charge in [0.2, 0.25) is 0 Å². The van der Waals surface area contributed by atoms with Crippen molar-refractivity contribution < 1.29 is 4.74 Å². The van der Waals surface area contributed by atoms with Crippen LogP contribution >= 0.6 is 0 Å². The van der Waals surface area contributed by atoms with Crippen LogP contribution in [0.2, 0.25) is 0 Å². The molecule has 1 aliphatic heterocycles. The molecule has 0 bridgehead atoms. The average molecular weight is 141 g/mol. The van der Waals surface area contributed by atoms with Crippen molar-refractivity contribution in [3.05, 3.63) is 12.2 Å². The Labute approximate surface area is 62.3 Å². The van der Waals surface area contributed by atoms with Crippen LogP contribution in [0.25, 0.3) is 0 Å². The second-order valence-corrected chi connectivity index (χ2v) is 2.66. The Kier molecular flexibility index (Phi) is 2.90. The predicted molar refractivity (Wildman–Crippen MR) is 42.0 cm³/mol. The summed E-state index contributed by atoms with van der Waals surface area (Å²) in [6.07, 6.45) is 2.44. The molecule has 2 nitrogen and oxygen atoms in total. The number of ether oxygens (including phenoxy) is 1. The van der Waals surface area contributed by atoms with Crippen molar-refractivity contribution in [2.75, 3.05) is 20.2 Å². The van der Waals surface area contributed by atoms with Gasteiger partial charge in [-0.05, 0) is 32.0 Å². The van der Waals surface area contributed by atoms with Gasteiger partial charge in [-0.2, -0.15) is 0 Å². The van der Waals surface area contributed by atoms with Gasteiger partial charge >= 0.3 is 0 Å². The van der Waals surface area contributed by atoms with E-state index in [0.717, 1.165) is 26.0 Å². The second kappa shape index (κ2) is 3.74. The molecule has 0 amide bonds. The highest BCUT2D eigenvalue weighted by molar-refractivity contribution is 5.06. The summed E-state index contributed by atoms with van der Waals surface area (Å²) in [5.41, 5.74) is 1.26. The summed E-state index contributed by atoms with van der Waals surface area (Å²) >= 11 is 0. The molecule has 1 atom stereocenters. The molecule has 0 saturated carbocycles. The molecule has 0 aromatic carbocycles. The van der Waals surface area contributed by atoms with Crippen LogP contribution in [0.5, 0.6) is 0 Å². The second-order valence-electron chi connectivity index (χ2n) is 2.66. The fourth-order valence-electron chi connectivity index (χ4n) is 1.17. The molecule has 0 aliphatic carbocycles. The third-order valence-corrected chi connectivity index (χ3v) is 1.85. The van der Waals surface area contributed by atoms with Crippen LogP contribution in [0.4, 0.5) is 0 Å². The summed E-state index contributed by atoms with van der Waals surface area (Å²) in [6, 6.07) is 0. The summed E-state index contributed by atoms with van der Waals surface area (Å²) < 4.78 is 5.43. The van der Waals surface area contributed by atoms with E-state index in [0.29, 0.717) is 6.10 Å². The van der Waals surface area contributed by atoms with Crippen molar-refractivity contribution in [1.29, 1.82) is 0 Å². The molecule has 1 N–H and O–H groups in total. The van der Waals surface area contributed by atoms with Gasteiger partial charge in [-0.15, -0.1) is 0 Å². The molecule has 1 unspecified atom stereocenters. The average Bonchev–Trinajstić information content (AvgIpc) is 2.31. The van der Waals surface area contributed by atoms with Crippen molar-refractivity contribution >= 4 is 0 Å². The SMILES string of the molecule is C=C1CCOC1CCNC. The van der Waals surface area contributed by atoms with E-state index in [4.69, 9.17) is 4.74 Å². The van der Waals surface area contributed by atoms with E-state index in [-0.39, 0.29) is 0 Å². The molecule has 0 radical (unpaired) electrons. The zero-order valence-corrected chi connectivity index (χ0v) is 6.52. The van der Waals surface area contributed by atoms with E-state index in [1.165, 1.54) is 5.57 Å². The highest BCUT2D eigenvalue weighted by Gasteiger charge is 2.18. The molecule has 10 heavy (non-hydrogen) atoms. The Morgan fingerprint density at radius 3 is 3.10 bits per heavy atom. The van der Waals surface area contributed by atoms with Gasteiger partial charge in [0.1, 0.15) is 0 Å². The molecule has 1 fully saturated rings. The van der Waals surface area contributed by atoms with Crippen LogP contribution in [0.1, 0.15) is 12.8 Å². The summed E-state index contributed by atoms with van der Waals surface area (Å²) in [6.45, 7) is 5.82. The standard InChI is InChI=1S/C8H15NO/c1-7-4-6-10-8(7)3-5-9-2/h8-9H,1,3-6H2,2H3. The Hall–Kier alpha value is -0.340. The maximum Gasteiger partial charge on any atom is 0.0795 e. The minimum absolute atomic E-state index is 0.326. The first kappa shape index (κ1) is 7.76. The fraction of sp³-hybridized carbons (Fsp3) is 0.750. The Balaban J connectivity index is 2.20. The van der Waals surface area contributed by atoms with Crippen LogP contribution in [-0.4, -0.2) is 26.3 Å². The highest BCUT2D eigenvalue weighted by atomic mass is 16.5.